The van der Waals surface area contributed by atoms with Gasteiger partial charge in [-0.2, -0.15) is 5.10 Å². The number of amides is 2. The Bertz CT molecular complexity index is 956. The highest BCUT2D eigenvalue weighted by atomic mass is 35.5. The van der Waals surface area contributed by atoms with Crippen molar-refractivity contribution in [3.8, 4) is 5.69 Å². The van der Waals surface area contributed by atoms with Gasteiger partial charge in [0.25, 0.3) is 5.91 Å². The second kappa shape index (κ2) is 7.67. The van der Waals surface area contributed by atoms with E-state index in [1.54, 1.807) is 28.0 Å². The van der Waals surface area contributed by atoms with Gasteiger partial charge in [-0.25, -0.2) is 9.67 Å². The average molecular weight is 432 g/mol. The quantitative estimate of drug-likeness (QED) is 0.751. The van der Waals surface area contributed by atoms with Crippen molar-refractivity contribution in [3.63, 3.8) is 0 Å². The van der Waals surface area contributed by atoms with Gasteiger partial charge in [-0.1, -0.05) is 32.4 Å². The van der Waals surface area contributed by atoms with Crippen LogP contribution in [0.15, 0.2) is 30.9 Å². The first-order chi connectivity index (χ1) is 14.2. The number of carbonyl (C=O) groups excluding carboxylic acids is 2. The Balaban J connectivity index is 1.49. The zero-order valence-corrected chi connectivity index (χ0v) is 18.0. The van der Waals surface area contributed by atoms with Crippen LogP contribution >= 0.6 is 11.6 Å². The lowest BCUT2D eigenvalue weighted by molar-refractivity contribution is -0.151. The van der Waals surface area contributed by atoms with E-state index in [1.807, 2.05) is 26.8 Å². The van der Waals surface area contributed by atoms with Gasteiger partial charge in [0, 0.05) is 18.1 Å². The van der Waals surface area contributed by atoms with E-state index in [1.165, 1.54) is 6.33 Å². The van der Waals surface area contributed by atoms with Crippen molar-refractivity contribution in [1.29, 1.82) is 0 Å². The molecule has 4 atom stereocenters. The van der Waals surface area contributed by atoms with Gasteiger partial charge in [0.2, 0.25) is 5.91 Å². The maximum atomic E-state index is 13.1. The number of hydrogen-bond acceptors (Lipinski definition) is 5. The topological polar surface area (TPSA) is 100 Å². The van der Waals surface area contributed by atoms with Crippen molar-refractivity contribution in [1.82, 2.24) is 25.0 Å². The first-order valence-electron chi connectivity index (χ1n) is 10.1. The molecule has 2 fully saturated rings. The molecule has 0 spiro atoms. The summed E-state index contributed by atoms with van der Waals surface area (Å²) in [5, 5.41) is 18.1. The van der Waals surface area contributed by atoms with E-state index < -0.39 is 17.6 Å². The van der Waals surface area contributed by atoms with Gasteiger partial charge in [0.05, 0.1) is 5.69 Å². The lowest BCUT2D eigenvalue weighted by atomic mass is 9.88. The molecule has 8 nitrogen and oxygen atoms in total. The normalized spacial score (nSPS) is 23.8. The molecular weight excluding hydrogens is 406 g/mol. The summed E-state index contributed by atoms with van der Waals surface area (Å²) in [5.41, 5.74) is 0.974. The third-order valence-corrected chi connectivity index (χ3v) is 6.15. The Hall–Kier alpha value is -2.45. The summed E-state index contributed by atoms with van der Waals surface area (Å²) in [7, 11) is 0. The molecule has 2 N–H and O–H groups in total. The summed E-state index contributed by atoms with van der Waals surface area (Å²) in [6, 6.07) is 4.80. The van der Waals surface area contributed by atoms with Crippen LogP contribution in [0.2, 0.25) is 5.02 Å². The van der Waals surface area contributed by atoms with Crippen LogP contribution < -0.4 is 5.32 Å². The molecule has 2 aliphatic rings. The van der Waals surface area contributed by atoms with E-state index in [9.17, 15) is 14.7 Å². The van der Waals surface area contributed by atoms with Gasteiger partial charge < -0.3 is 15.3 Å². The number of hydrogen-bond donors (Lipinski definition) is 2. The Morgan fingerprint density at radius 1 is 1.37 bits per heavy atom. The van der Waals surface area contributed by atoms with Gasteiger partial charge in [0.1, 0.15) is 24.8 Å². The Kier molecular flexibility index (Phi) is 5.32. The maximum Gasteiger partial charge on any atom is 0.252 e. The van der Waals surface area contributed by atoms with Crippen LogP contribution in [0.3, 0.4) is 0 Å². The van der Waals surface area contributed by atoms with Gasteiger partial charge >= 0.3 is 0 Å². The molecule has 4 rings (SSSR count). The summed E-state index contributed by atoms with van der Waals surface area (Å²) in [5.74, 6) is -0.0797. The van der Waals surface area contributed by atoms with Gasteiger partial charge in [-0.05, 0) is 47.4 Å². The van der Waals surface area contributed by atoms with E-state index in [-0.39, 0.29) is 24.3 Å². The second-order valence-corrected chi connectivity index (χ2v) is 9.63. The van der Waals surface area contributed by atoms with Crippen LogP contribution in [0.5, 0.6) is 0 Å². The molecule has 160 valence electrons. The molecule has 9 heteroatoms. The number of aliphatic hydroxyl groups excluding tert-OH is 1. The van der Waals surface area contributed by atoms with Crippen molar-refractivity contribution in [2.75, 3.05) is 6.54 Å². The minimum Gasteiger partial charge on any atom is -0.383 e. The van der Waals surface area contributed by atoms with Crippen molar-refractivity contribution in [2.45, 2.75) is 45.9 Å². The zero-order chi connectivity index (χ0) is 21.6. The van der Waals surface area contributed by atoms with Crippen molar-refractivity contribution >= 4 is 23.4 Å². The molecule has 2 amide bonds. The van der Waals surface area contributed by atoms with Crippen molar-refractivity contribution in [2.24, 2.45) is 17.3 Å². The Morgan fingerprint density at radius 2 is 2.13 bits per heavy atom. The summed E-state index contributed by atoms with van der Waals surface area (Å²) in [6.07, 6.45) is 2.81. The van der Waals surface area contributed by atoms with Gasteiger partial charge in [-0.15, -0.1) is 0 Å². The molecule has 0 radical (unpaired) electrons. The van der Waals surface area contributed by atoms with Gasteiger partial charge in [-0.3, -0.25) is 9.59 Å². The monoisotopic (exact) mass is 431 g/mol. The van der Waals surface area contributed by atoms with E-state index >= 15 is 0 Å². The molecule has 2 aromatic rings. The van der Waals surface area contributed by atoms with Crippen molar-refractivity contribution in [3.05, 3.63) is 41.4 Å². The molecule has 1 aliphatic heterocycles. The third kappa shape index (κ3) is 3.94. The number of halogens is 1. The molecule has 1 saturated heterocycles. The highest BCUT2D eigenvalue weighted by Crippen LogP contribution is 2.50. The highest BCUT2D eigenvalue weighted by molar-refractivity contribution is 6.30. The van der Waals surface area contributed by atoms with E-state index in [0.29, 0.717) is 17.5 Å². The third-order valence-electron chi connectivity index (χ3n) is 5.92. The Labute approximate surface area is 180 Å². The summed E-state index contributed by atoms with van der Waals surface area (Å²) in [6.45, 7) is 6.20. The summed E-state index contributed by atoms with van der Waals surface area (Å²) in [4.78, 5) is 31.5. The number of nitrogens with zero attached hydrogens (tertiary/aromatic N) is 4. The number of aromatic nitrogens is 3. The predicted molar refractivity (Wildman–Crippen MR) is 111 cm³/mol. The number of nitrogens with one attached hydrogen (secondary N) is 1. The molecule has 1 saturated carbocycles. The number of benzene rings is 1. The smallest absolute Gasteiger partial charge is 0.252 e. The fourth-order valence-corrected chi connectivity index (χ4v) is 4.29. The second-order valence-electron chi connectivity index (χ2n) is 9.19. The van der Waals surface area contributed by atoms with Crippen LogP contribution in [0.25, 0.3) is 5.69 Å². The molecule has 30 heavy (non-hydrogen) atoms. The molecule has 0 bridgehead atoms. The fraction of sp³-hybridized carbons (Fsp3) is 0.524. The van der Waals surface area contributed by atoms with E-state index in [0.717, 1.165) is 17.7 Å². The van der Waals surface area contributed by atoms with Crippen LogP contribution in [0.4, 0.5) is 0 Å². The standard InChI is InChI=1S/C21H26ClN5O3/c1-21(2,3)18(28)20(30)26-9-13-7-15(13)17(26)19(29)24-8-12-6-14(22)4-5-16(12)27-11-23-10-25-27/h4-6,10-11,13,15,17-18,28H,7-9H2,1-3H3,(H,24,29)/t13-,15-,17-,18-/m0/s1. The van der Waals surface area contributed by atoms with Crippen LogP contribution in [0.1, 0.15) is 32.8 Å². The number of piperidine rings is 1. The molecular formula is C21H26ClN5O3. The lowest BCUT2D eigenvalue weighted by Crippen LogP contribution is -2.53. The minimum absolute atomic E-state index is 0.162. The molecule has 1 aromatic carbocycles. The summed E-state index contributed by atoms with van der Waals surface area (Å²) >= 11 is 6.15. The van der Waals surface area contributed by atoms with Gasteiger partial charge in [0.15, 0.2) is 0 Å². The molecule has 1 aliphatic carbocycles. The lowest BCUT2D eigenvalue weighted by Gasteiger charge is -2.33. The molecule has 2 heterocycles. The largest absolute Gasteiger partial charge is 0.383 e. The van der Waals surface area contributed by atoms with E-state index in [2.05, 4.69) is 15.4 Å². The molecule has 0 unspecified atom stereocenters. The first-order valence-corrected chi connectivity index (χ1v) is 10.4. The SMILES string of the molecule is CC(C)(C)[C@@H](O)C(=O)N1C[C@@H]2C[C@@H]2[C@H]1C(=O)NCc1cc(Cl)ccc1-n1cncn1. The number of rotatable bonds is 5. The maximum absolute atomic E-state index is 13.1. The first kappa shape index (κ1) is 20.8. The number of fused-ring (bicyclic) bond motifs is 1. The predicted octanol–water partition coefficient (Wildman–Crippen LogP) is 1.79. The van der Waals surface area contributed by atoms with Crippen molar-refractivity contribution < 1.29 is 14.7 Å². The molecule has 1 aromatic heterocycles. The van der Waals surface area contributed by atoms with Crippen LogP contribution in [0, 0.1) is 17.3 Å². The zero-order valence-electron chi connectivity index (χ0n) is 17.2. The fourth-order valence-electron chi connectivity index (χ4n) is 4.09. The number of likely N-dealkylation sites (tertiary alicyclic amines) is 1. The number of carbonyl (C=O) groups is 2. The highest BCUT2D eigenvalue weighted by Gasteiger charge is 2.57. The number of aliphatic hydroxyl groups is 1. The van der Waals surface area contributed by atoms with Crippen LogP contribution in [-0.2, 0) is 16.1 Å². The summed E-state index contributed by atoms with van der Waals surface area (Å²) < 4.78 is 1.61. The van der Waals surface area contributed by atoms with Crippen LogP contribution in [-0.4, -0.2) is 55.3 Å². The average Bonchev–Trinajstić information content (AvgIpc) is 3.09. The minimum atomic E-state index is -1.14. The Morgan fingerprint density at radius 3 is 2.80 bits per heavy atom. The van der Waals surface area contributed by atoms with E-state index in [4.69, 9.17) is 11.6 Å².